The minimum Gasteiger partial charge on any atom is -0.506 e. The van der Waals surface area contributed by atoms with Crippen molar-refractivity contribution in [3.63, 3.8) is 0 Å². The Morgan fingerprint density at radius 3 is 2.17 bits per heavy atom. The van der Waals surface area contributed by atoms with Crippen molar-refractivity contribution in [3.05, 3.63) is 112 Å². The van der Waals surface area contributed by atoms with Crippen LogP contribution in [0.4, 0.5) is 28.1 Å². The zero-order valence-electron chi connectivity index (χ0n) is 31.8. The van der Waals surface area contributed by atoms with Crippen LogP contribution < -0.4 is 10.2 Å². The van der Waals surface area contributed by atoms with Gasteiger partial charge < -0.3 is 10.4 Å². The van der Waals surface area contributed by atoms with E-state index in [1.165, 1.54) is 67.6 Å². The number of hydrogen-bond donors (Lipinski definition) is 5. The first-order valence-electron chi connectivity index (χ1n) is 17.6. The molecule has 1 aliphatic rings. The van der Waals surface area contributed by atoms with Crippen molar-refractivity contribution in [2.45, 2.75) is 43.9 Å². The number of thiazole rings is 1. The summed E-state index contributed by atoms with van der Waals surface area (Å²) in [5, 5.41) is 23.3. The van der Waals surface area contributed by atoms with Crippen molar-refractivity contribution in [2.24, 2.45) is 16.1 Å². The van der Waals surface area contributed by atoms with E-state index in [1.807, 2.05) is 0 Å². The third kappa shape index (κ3) is 8.25. The number of hydrogen-bond acceptors (Lipinski definition) is 15. The fourth-order valence-corrected chi connectivity index (χ4v) is 10.2. The van der Waals surface area contributed by atoms with Gasteiger partial charge in [0.1, 0.15) is 10.6 Å². The Morgan fingerprint density at radius 2 is 1.53 bits per heavy atom. The smallest absolute Gasteiger partial charge is 0.295 e. The van der Waals surface area contributed by atoms with Gasteiger partial charge in [0.05, 0.1) is 55.0 Å². The fraction of sp³-hybridized carbons (Fsp3) is 0.158. The van der Waals surface area contributed by atoms with Crippen LogP contribution in [0.5, 0.6) is 5.75 Å². The Balaban J connectivity index is 1.28. The number of allylic oxidation sites excluding steroid dienone is 4. The van der Waals surface area contributed by atoms with Gasteiger partial charge >= 0.3 is 0 Å². The van der Waals surface area contributed by atoms with Crippen LogP contribution in [0.2, 0.25) is 0 Å². The average molecular weight is 892 g/mol. The predicted molar refractivity (Wildman–Crippen MR) is 222 cm³/mol. The van der Waals surface area contributed by atoms with E-state index in [-0.39, 0.29) is 65.8 Å². The number of aromatic nitrogens is 3. The summed E-state index contributed by atoms with van der Waals surface area (Å²) in [6.07, 6.45) is 5.21. The lowest BCUT2D eigenvalue weighted by atomic mass is 9.98. The molecule has 60 heavy (non-hydrogen) atoms. The van der Waals surface area contributed by atoms with E-state index in [1.54, 1.807) is 44.2 Å². The molecular formula is C38H33N7O11S4. The molecule has 7 rings (SSSR count). The highest BCUT2D eigenvalue weighted by Gasteiger charge is 2.29. The Kier molecular flexibility index (Phi) is 10.9. The normalized spacial score (nSPS) is 15.0. The van der Waals surface area contributed by atoms with Crippen molar-refractivity contribution in [1.82, 2.24) is 20.3 Å². The van der Waals surface area contributed by atoms with Gasteiger partial charge in [-0.2, -0.15) is 25.3 Å². The number of nitrogens with one attached hydrogen (secondary N) is 1. The Hall–Kier alpha value is -6.01. The topological polar surface area (TPSA) is 279 Å². The number of azo groups is 1. The van der Waals surface area contributed by atoms with Gasteiger partial charge in [-0.25, -0.2) is 15.0 Å². The molecule has 18 nitrogen and oxygen atoms in total. The number of amides is 1. The van der Waals surface area contributed by atoms with E-state index in [4.69, 9.17) is 0 Å². The number of nitrogens with zero attached hydrogens (tertiary/aromatic N) is 6. The zero-order chi connectivity index (χ0) is 43.5. The van der Waals surface area contributed by atoms with E-state index in [0.717, 1.165) is 11.3 Å². The molecule has 310 valence electrons. The molecule has 4 aromatic carbocycles. The Morgan fingerprint density at radius 1 is 0.850 bits per heavy atom. The number of carbonyl (C=O) groups excluding carboxylic acids is 1. The van der Waals surface area contributed by atoms with Crippen LogP contribution in [0.25, 0.3) is 21.0 Å². The van der Waals surface area contributed by atoms with Gasteiger partial charge in [0.2, 0.25) is 0 Å². The maximum atomic E-state index is 13.5. The number of fused-ring (bicyclic) bond motifs is 2. The number of anilines is 3. The van der Waals surface area contributed by atoms with E-state index in [2.05, 4.69) is 30.5 Å². The first-order chi connectivity index (χ1) is 28.1. The van der Waals surface area contributed by atoms with E-state index in [9.17, 15) is 48.8 Å². The van der Waals surface area contributed by atoms with Crippen molar-refractivity contribution in [1.29, 1.82) is 0 Å². The third-order valence-corrected chi connectivity index (χ3v) is 13.6. The van der Waals surface area contributed by atoms with Crippen molar-refractivity contribution in [3.8, 4) is 5.75 Å². The number of phenolic OH excluding ortho intramolecular Hbond substituents is 1. The molecule has 1 atom stereocenters. The van der Waals surface area contributed by atoms with Crippen LogP contribution in [-0.4, -0.2) is 64.9 Å². The summed E-state index contributed by atoms with van der Waals surface area (Å²) in [7, 11) is -13.7. The van der Waals surface area contributed by atoms with Gasteiger partial charge in [0.15, 0.2) is 5.13 Å². The van der Waals surface area contributed by atoms with Crippen LogP contribution in [-0.2, 0) is 30.4 Å². The molecule has 2 aromatic heterocycles. The Labute approximate surface area is 346 Å². The molecule has 0 spiro atoms. The van der Waals surface area contributed by atoms with Crippen LogP contribution in [0, 0.1) is 26.7 Å². The standard InChI is InChI=1S/C38H33N7O11S4/c1-19-14-24(58(48,49)50)9-11-29(19)41-36(47)28-16-31(26-7-5-6-8-27(26)34(28)46)43-44-37-39-17-23(18-40-37)45(33-20(2)13-21(3)35(22(33)4)60(54,55)56)38-42-30-12-10-25(59(51,52)53)15-32(30)57-38/h5-13,15-19,46H,14H2,1-4H3,(H,41,47)(H,48,49,50)(H,51,52,53)(H,54,55,56). The summed E-state index contributed by atoms with van der Waals surface area (Å²) in [5.41, 5.74) is 2.29. The first kappa shape index (κ1) is 42.1. The maximum absolute atomic E-state index is 13.5. The van der Waals surface area contributed by atoms with E-state index >= 15 is 0 Å². The summed E-state index contributed by atoms with van der Waals surface area (Å²) in [5.74, 6) is -1.71. The monoisotopic (exact) mass is 891 g/mol. The lowest BCUT2D eigenvalue weighted by Gasteiger charge is -2.27. The number of carbonyl (C=O) groups is 1. The molecule has 0 radical (unpaired) electrons. The highest BCUT2D eigenvalue weighted by Crippen LogP contribution is 2.45. The second kappa shape index (κ2) is 15.5. The number of rotatable bonds is 10. The second-order valence-corrected chi connectivity index (χ2v) is 19.1. The van der Waals surface area contributed by atoms with Crippen LogP contribution in [0.1, 0.15) is 40.4 Å². The zero-order valence-corrected chi connectivity index (χ0v) is 35.0. The maximum Gasteiger partial charge on any atom is 0.295 e. The molecule has 1 aliphatic carbocycles. The van der Waals surface area contributed by atoms with E-state index < -0.39 is 42.2 Å². The summed E-state index contributed by atoms with van der Waals surface area (Å²) in [6, 6.07) is 13.3. The quantitative estimate of drug-likeness (QED) is 0.0651. The lowest BCUT2D eigenvalue weighted by Crippen LogP contribution is -2.28. The summed E-state index contributed by atoms with van der Waals surface area (Å²) in [6.45, 7) is 6.44. The molecule has 0 fully saturated rings. The first-order valence-corrected chi connectivity index (χ1v) is 22.7. The summed E-state index contributed by atoms with van der Waals surface area (Å²) >= 11 is 1.03. The van der Waals surface area contributed by atoms with Crippen LogP contribution in [0.15, 0.2) is 110 Å². The van der Waals surface area contributed by atoms with Crippen LogP contribution in [0.3, 0.4) is 0 Å². The van der Waals surface area contributed by atoms with Gasteiger partial charge in [-0.05, 0) is 80.3 Å². The minimum absolute atomic E-state index is 0.0566. The predicted octanol–water partition coefficient (Wildman–Crippen LogP) is 7.67. The minimum atomic E-state index is -4.70. The second-order valence-electron chi connectivity index (χ2n) is 13.8. The highest BCUT2D eigenvalue weighted by atomic mass is 32.2. The molecule has 0 saturated carbocycles. The molecule has 5 N–H and O–H groups in total. The lowest BCUT2D eigenvalue weighted by molar-refractivity contribution is 0.0959. The van der Waals surface area contributed by atoms with Gasteiger partial charge in [-0.3, -0.25) is 23.4 Å². The van der Waals surface area contributed by atoms with Gasteiger partial charge in [-0.15, -0.1) is 10.2 Å². The van der Waals surface area contributed by atoms with Crippen LogP contribution >= 0.6 is 11.3 Å². The van der Waals surface area contributed by atoms with Crippen molar-refractivity contribution < 1.29 is 48.8 Å². The van der Waals surface area contributed by atoms with Gasteiger partial charge in [0, 0.05) is 22.4 Å². The number of phenols is 1. The molecule has 0 aliphatic heterocycles. The van der Waals surface area contributed by atoms with Crippen molar-refractivity contribution >= 4 is 96.7 Å². The van der Waals surface area contributed by atoms with E-state index in [0.29, 0.717) is 38.1 Å². The molecule has 2 heterocycles. The fourth-order valence-electron chi connectivity index (χ4n) is 6.94. The average Bonchev–Trinajstić information content (AvgIpc) is 3.59. The van der Waals surface area contributed by atoms with Gasteiger partial charge in [-0.1, -0.05) is 48.6 Å². The molecular weight excluding hydrogens is 859 g/mol. The largest absolute Gasteiger partial charge is 0.506 e. The SMILES string of the molecule is Cc1cc(C)c(S(=O)(=O)O)c(C)c1N(c1cnc(N=Nc2cc(C(=O)NC3=CC=C(S(=O)(=O)O)CC3C)c(O)c3ccccc23)nc1)c1nc2ccc(S(=O)(=O)O)cc2s1. The molecule has 1 unspecified atom stereocenters. The summed E-state index contributed by atoms with van der Waals surface area (Å²) in [4.78, 5) is 27.6. The molecule has 0 saturated heterocycles. The number of benzene rings is 4. The molecule has 1 amide bonds. The number of aryl methyl sites for hydroxylation is 2. The van der Waals surface area contributed by atoms with Gasteiger partial charge in [0.25, 0.3) is 42.2 Å². The Bertz CT molecular complexity index is 3220. The van der Waals surface area contributed by atoms with Crippen molar-refractivity contribution in [2.75, 3.05) is 4.90 Å². The molecule has 6 aromatic rings. The third-order valence-electron chi connectivity index (χ3n) is 9.62. The molecule has 22 heteroatoms. The summed E-state index contributed by atoms with van der Waals surface area (Å²) < 4.78 is 102. The number of aromatic hydroxyl groups is 1. The molecule has 0 bridgehead atoms. The highest BCUT2D eigenvalue weighted by molar-refractivity contribution is 7.89.